The SMILES string of the molecule is CC(C)C1CCCC2(CCNCC2Cc2ccccc2)C1. The van der Waals surface area contributed by atoms with E-state index in [9.17, 15) is 0 Å². The van der Waals surface area contributed by atoms with Gasteiger partial charge in [-0.1, -0.05) is 57.0 Å². The summed E-state index contributed by atoms with van der Waals surface area (Å²) in [6, 6.07) is 11.1. The van der Waals surface area contributed by atoms with Crippen LogP contribution in [-0.4, -0.2) is 13.1 Å². The Morgan fingerprint density at radius 2 is 2.00 bits per heavy atom. The molecule has 3 atom stereocenters. The van der Waals surface area contributed by atoms with Crippen LogP contribution in [0.3, 0.4) is 0 Å². The van der Waals surface area contributed by atoms with Crippen molar-refractivity contribution in [3.05, 3.63) is 35.9 Å². The summed E-state index contributed by atoms with van der Waals surface area (Å²) in [7, 11) is 0. The second-order valence-electron chi connectivity index (χ2n) is 7.80. The first-order chi connectivity index (χ1) is 10.2. The van der Waals surface area contributed by atoms with Crippen LogP contribution in [0.15, 0.2) is 30.3 Å². The fourth-order valence-corrected chi connectivity index (χ4v) is 4.83. The summed E-state index contributed by atoms with van der Waals surface area (Å²) in [6.07, 6.45) is 8.52. The minimum Gasteiger partial charge on any atom is -0.316 e. The van der Waals surface area contributed by atoms with Crippen molar-refractivity contribution in [2.75, 3.05) is 13.1 Å². The zero-order valence-electron chi connectivity index (χ0n) is 13.8. The number of benzene rings is 1. The fraction of sp³-hybridized carbons (Fsp3) is 0.700. The van der Waals surface area contributed by atoms with Crippen LogP contribution < -0.4 is 5.32 Å². The van der Waals surface area contributed by atoms with E-state index in [4.69, 9.17) is 0 Å². The number of rotatable bonds is 3. The van der Waals surface area contributed by atoms with Crippen molar-refractivity contribution >= 4 is 0 Å². The van der Waals surface area contributed by atoms with Gasteiger partial charge in [-0.15, -0.1) is 0 Å². The molecule has 1 heteroatoms. The summed E-state index contributed by atoms with van der Waals surface area (Å²) in [6.45, 7) is 7.31. The Morgan fingerprint density at radius 3 is 2.76 bits per heavy atom. The van der Waals surface area contributed by atoms with Crippen LogP contribution in [0.2, 0.25) is 0 Å². The topological polar surface area (TPSA) is 12.0 Å². The maximum Gasteiger partial charge on any atom is -0.00120 e. The Morgan fingerprint density at radius 1 is 1.19 bits per heavy atom. The van der Waals surface area contributed by atoms with Crippen LogP contribution >= 0.6 is 0 Å². The molecule has 0 aromatic heterocycles. The van der Waals surface area contributed by atoms with Crippen LogP contribution in [0.1, 0.15) is 51.5 Å². The first-order valence-corrected chi connectivity index (χ1v) is 8.94. The molecular formula is C20H31N. The van der Waals surface area contributed by atoms with E-state index in [1.165, 1.54) is 57.2 Å². The third kappa shape index (κ3) is 3.34. The van der Waals surface area contributed by atoms with Crippen LogP contribution in [0.25, 0.3) is 0 Å². The molecule has 3 rings (SSSR count). The molecule has 21 heavy (non-hydrogen) atoms. The number of piperidine rings is 1. The monoisotopic (exact) mass is 285 g/mol. The molecule has 0 bridgehead atoms. The standard InChI is InChI=1S/C20H31N/c1-16(2)18-9-6-10-20(14-18)11-12-21-15-19(20)13-17-7-4-3-5-8-17/h3-5,7-8,16,18-19,21H,6,9-15H2,1-2H3. The lowest BCUT2D eigenvalue weighted by molar-refractivity contribution is 0.0205. The molecule has 116 valence electrons. The van der Waals surface area contributed by atoms with E-state index >= 15 is 0 Å². The highest BCUT2D eigenvalue weighted by atomic mass is 14.9. The molecule has 1 aromatic rings. The average molecular weight is 285 g/mol. The highest BCUT2D eigenvalue weighted by Crippen LogP contribution is 2.51. The molecule has 1 aromatic carbocycles. The van der Waals surface area contributed by atoms with Crippen molar-refractivity contribution in [3.63, 3.8) is 0 Å². The second kappa shape index (κ2) is 6.52. The lowest BCUT2D eigenvalue weighted by atomic mass is 9.57. The van der Waals surface area contributed by atoms with Gasteiger partial charge in [0.1, 0.15) is 0 Å². The molecule has 1 spiro atoms. The third-order valence-corrected chi connectivity index (χ3v) is 6.24. The Hall–Kier alpha value is -0.820. The van der Waals surface area contributed by atoms with Gasteiger partial charge >= 0.3 is 0 Å². The van der Waals surface area contributed by atoms with E-state index < -0.39 is 0 Å². The molecule has 1 saturated carbocycles. The van der Waals surface area contributed by atoms with Crippen molar-refractivity contribution < 1.29 is 0 Å². The molecule has 2 aliphatic rings. The summed E-state index contributed by atoms with van der Waals surface area (Å²) < 4.78 is 0. The molecule has 1 saturated heterocycles. The average Bonchev–Trinajstić information content (AvgIpc) is 2.51. The molecule has 1 heterocycles. The Balaban J connectivity index is 1.77. The van der Waals surface area contributed by atoms with E-state index in [1.807, 2.05) is 0 Å². The van der Waals surface area contributed by atoms with Gasteiger partial charge < -0.3 is 5.32 Å². The lowest BCUT2D eigenvalue weighted by Gasteiger charge is -2.50. The van der Waals surface area contributed by atoms with E-state index in [2.05, 4.69) is 49.5 Å². The van der Waals surface area contributed by atoms with Gasteiger partial charge in [-0.3, -0.25) is 0 Å². The maximum absolute atomic E-state index is 3.67. The van der Waals surface area contributed by atoms with Gasteiger partial charge in [0.25, 0.3) is 0 Å². The third-order valence-electron chi connectivity index (χ3n) is 6.24. The molecular weight excluding hydrogens is 254 g/mol. The Bertz CT molecular complexity index is 434. The van der Waals surface area contributed by atoms with Crippen molar-refractivity contribution in [1.82, 2.24) is 5.32 Å². The molecule has 1 aliphatic carbocycles. The van der Waals surface area contributed by atoms with E-state index in [0.717, 1.165) is 17.8 Å². The number of nitrogens with one attached hydrogen (secondary N) is 1. The zero-order valence-corrected chi connectivity index (χ0v) is 13.8. The molecule has 0 amide bonds. The van der Waals surface area contributed by atoms with Crippen molar-refractivity contribution in [2.45, 2.75) is 52.4 Å². The normalized spacial score (nSPS) is 33.5. The lowest BCUT2D eigenvalue weighted by Crippen LogP contribution is -2.48. The molecule has 2 fully saturated rings. The van der Waals surface area contributed by atoms with Crippen LogP contribution in [0, 0.1) is 23.2 Å². The number of hydrogen-bond donors (Lipinski definition) is 1. The summed E-state index contributed by atoms with van der Waals surface area (Å²) in [5.41, 5.74) is 2.14. The quantitative estimate of drug-likeness (QED) is 0.851. The first kappa shape index (κ1) is 15.1. The predicted octanol–water partition coefficient (Wildman–Crippen LogP) is 4.67. The largest absolute Gasteiger partial charge is 0.316 e. The second-order valence-corrected chi connectivity index (χ2v) is 7.80. The van der Waals surface area contributed by atoms with Gasteiger partial charge in [0.15, 0.2) is 0 Å². The zero-order chi connectivity index (χ0) is 14.7. The van der Waals surface area contributed by atoms with Gasteiger partial charge in [-0.05, 0) is 67.5 Å². The van der Waals surface area contributed by atoms with E-state index in [0.29, 0.717) is 5.41 Å². The smallest absolute Gasteiger partial charge is 0.00120 e. The van der Waals surface area contributed by atoms with Gasteiger partial charge in [0, 0.05) is 0 Å². The van der Waals surface area contributed by atoms with Crippen molar-refractivity contribution in [3.8, 4) is 0 Å². The summed E-state index contributed by atoms with van der Waals surface area (Å²) in [4.78, 5) is 0. The Labute approximate surface area is 130 Å². The van der Waals surface area contributed by atoms with Gasteiger partial charge in [0.2, 0.25) is 0 Å². The molecule has 0 radical (unpaired) electrons. The minimum atomic E-state index is 0.619. The minimum absolute atomic E-state index is 0.619. The summed E-state index contributed by atoms with van der Waals surface area (Å²) in [5, 5.41) is 3.67. The van der Waals surface area contributed by atoms with Crippen molar-refractivity contribution in [2.24, 2.45) is 23.2 Å². The predicted molar refractivity (Wildman–Crippen MR) is 90.4 cm³/mol. The summed E-state index contributed by atoms with van der Waals surface area (Å²) >= 11 is 0. The van der Waals surface area contributed by atoms with E-state index in [-0.39, 0.29) is 0 Å². The Kier molecular flexibility index (Phi) is 4.69. The van der Waals surface area contributed by atoms with Gasteiger partial charge in [-0.2, -0.15) is 0 Å². The van der Waals surface area contributed by atoms with Crippen LogP contribution in [0.5, 0.6) is 0 Å². The molecule has 1 aliphatic heterocycles. The molecule has 3 unspecified atom stereocenters. The highest BCUT2D eigenvalue weighted by molar-refractivity contribution is 5.16. The van der Waals surface area contributed by atoms with Crippen molar-refractivity contribution in [1.29, 1.82) is 0 Å². The van der Waals surface area contributed by atoms with Gasteiger partial charge in [-0.25, -0.2) is 0 Å². The maximum atomic E-state index is 3.67. The summed E-state index contributed by atoms with van der Waals surface area (Å²) in [5.74, 6) is 2.64. The van der Waals surface area contributed by atoms with E-state index in [1.54, 1.807) is 0 Å². The van der Waals surface area contributed by atoms with Gasteiger partial charge in [0.05, 0.1) is 0 Å². The van der Waals surface area contributed by atoms with Crippen LogP contribution in [0.4, 0.5) is 0 Å². The molecule has 1 nitrogen and oxygen atoms in total. The fourth-order valence-electron chi connectivity index (χ4n) is 4.83. The molecule has 1 N–H and O–H groups in total. The highest BCUT2D eigenvalue weighted by Gasteiger charge is 2.44. The van der Waals surface area contributed by atoms with Crippen LogP contribution in [-0.2, 0) is 6.42 Å². The number of hydrogen-bond acceptors (Lipinski definition) is 1. The first-order valence-electron chi connectivity index (χ1n) is 8.94.